The molecule has 0 saturated heterocycles. The summed E-state index contributed by atoms with van der Waals surface area (Å²) in [5.74, 6) is 6.01. The minimum Gasteiger partial charge on any atom is -0.393 e. The normalized spacial score (nSPS) is 46.5. The molecule has 29 heavy (non-hydrogen) atoms. The lowest BCUT2D eigenvalue weighted by atomic mass is 9.47. The highest BCUT2D eigenvalue weighted by Gasteiger charge is 2.59. The van der Waals surface area contributed by atoms with E-state index < -0.39 is 0 Å². The SMILES string of the molecule is CC(C)[S+](C)CC[C@@H](C)C1CCC2C3CC=C4CC(O)CCC4(C)C3CCC21C. The second-order valence-corrected chi connectivity index (χ2v) is 14.8. The molecule has 0 aliphatic heterocycles. The maximum absolute atomic E-state index is 10.2. The Hall–Kier alpha value is 0.0500. The van der Waals surface area contributed by atoms with Crippen LogP contribution in [0.25, 0.3) is 0 Å². The summed E-state index contributed by atoms with van der Waals surface area (Å²) in [6, 6.07) is 0. The van der Waals surface area contributed by atoms with Crippen molar-refractivity contribution in [2.24, 2.45) is 40.4 Å². The first-order chi connectivity index (χ1) is 13.7. The molecule has 4 aliphatic carbocycles. The van der Waals surface area contributed by atoms with E-state index in [1.54, 1.807) is 5.57 Å². The molecule has 3 saturated carbocycles. The van der Waals surface area contributed by atoms with Crippen molar-refractivity contribution in [1.29, 1.82) is 0 Å². The molecule has 3 fully saturated rings. The van der Waals surface area contributed by atoms with Gasteiger partial charge in [0.05, 0.1) is 12.4 Å². The Balaban J connectivity index is 1.49. The van der Waals surface area contributed by atoms with E-state index in [9.17, 15) is 5.11 Å². The largest absolute Gasteiger partial charge is 0.393 e. The van der Waals surface area contributed by atoms with Crippen LogP contribution in [-0.2, 0) is 10.9 Å². The van der Waals surface area contributed by atoms with Crippen molar-refractivity contribution in [2.45, 2.75) is 104 Å². The quantitative estimate of drug-likeness (QED) is 0.393. The summed E-state index contributed by atoms with van der Waals surface area (Å²) in [5, 5.41) is 11.1. The lowest BCUT2D eigenvalue weighted by molar-refractivity contribution is -0.0568. The van der Waals surface area contributed by atoms with Gasteiger partial charge in [0.1, 0.15) is 11.0 Å². The third-order valence-electron chi connectivity index (χ3n) is 10.5. The molecule has 166 valence electrons. The second kappa shape index (κ2) is 8.19. The summed E-state index contributed by atoms with van der Waals surface area (Å²) in [6.45, 7) is 12.6. The Morgan fingerprint density at radius 1 is 1.07 bits per heavy atom. The van der Waals surface area contributed by atoms with Crippen LogP contribution in [0.1, 0.15) is 92.4 Å². The summed E-state index contributed by atoms with van der Waals surface area (Å²) in [6.07, 6.45) is 16.8. The minimum absolute atomic E-state index is 0.0783. The first-order valence-electron chi connectivity index (χ1n) is 12.7. The fraction of sp³-hybridized carbons (Fsp3) is 0.926. The van der Waals surface area contributed by atoms with Gasteiger partial charge in [-0.2, -0.15) is 0 Å². The Kier molecular flexibility index (Phi) is 6.29. The summed E-state index contributed by atoms with van der Waals surface area (Å²) < 4.78 is 0. The third kappa shape index (κ3) is 3.77. The van der Waals surface area contributed by atoms with Crippen molar-refractivity contribution >= 4 is 10.9 Å². The van der Waals surface area contributed by atoms with Crippen molar-refractivity contribution in [3.8, 4) is 0 Å². The van der Waals surface area contributed by atoms with Gasteiger partial charge in [-0.05, 0) is 123 Å². The molecule has 2 heteroatoms. The van der Waals surface area contributed by atoms with Crippen LogP contribution in [0.2, 0.25) is 0 Å². The maximum Gasteiger partial charge on any atom is 0.112 e. The van der Waals surface area contributed by atoms with Crippen LogP contribution >= 0.6 is 0 Å². The monoisotopic (exact) mass is 419 g/mol. The van der Waals surface area contributed by atoms with Crippen LogP contribution in [0.15, 0.2) is 11.6 Å². The standard InChI is InChI=1S/C27H47OS/c1-18(2)29(6)16-13-19(3)23-9-10-24-22-8-7-20-17-21(28)11-14-26(20,4)25(22)12-15-27(23,24)5/h7,18-19,21-25,28H,8-17H2,1-6H3/q+1/t19-,21?,22?,23?,24?,25?,26?,27?,29?/m1/s1. The lowest BCUT2D eigenvalue weighted by Gasteiger charge is -2.58. The smallest absolute Gasteiger partial charge is 0.112 e. The van der Waals surface area contributed by atoms with Gasteiger partial charge in [0.2, 0.25) is 0 Å². The van der Waals surface area contributed by atoms with E-state index in [-0.39, 0.29) is 6.10 Å². The Morgan fingerprint density at radius 2 is 1.83 bits per heavy atom. The fourth-order valence-electron chi connectivity index (χ4n) is 8.43. The molecule has 0 spiro atoms. The third-order valence-corrected chi connectivity index (χ3v) is 13.0. The summed E-state index contributed by atoms with van der Waals surface area (Å²) in [5.41, 5.74) is 2.59. The highest BCUT2D eigenvalue weighted by molar-refractivity contribution is 7.96. The minimum atomic E-state index is -0.0783. The van der Waals surface area contributed by atoms with E-state index in [2.05, 4.69) is 47.0 Å². The zero-order chi connectivity index (χ0) is 21.0. The fourth-order valence-corrected chi connectivity index (χ4v) is 9.64. The van der Waals surface area contributed by atoms with Crippen molar-refractivity contribution in [1.82, 2.24) is 0 Å². The molecule has 0 amide bonds. The number of fused-ring (bicyclic) bond motifs is 5. The molecule has 8 unspecified atom stereocenters. The van der Waals surface area contributed by atoms with E-state index in [1.807, 2.05) is 0 Å². The lowest BCUT2D eigenvalue weighted by Crippen LogP contribution is -2.50. The molecule has 4 rings (SSSR count). The molecule has 0 heterocycles. The molecule has 0 aromatic heterocycles. The highest BCUT2D eigenvalue weighted by Crippen LogP contribution is 2.67. The molecule has 0 aromatic carbocycles. The number of aliphatic hydroxyl groups is 1. The Bertz CT molecular complexity index is 626. The van der Waals surface area contributed by atoms with Gasteiger partial charge in [0.15, 0.2) is 0 Å². The van der Waals surface area contributed by atoms with Gasteiger partial charge in [-0.25, -0.2) is 0 Å². The maximum atomic E-state index is 10.2. The van der Waals surface area contributed by atoms with Crippen LogP contribution in [0.4, 0.5) is 0 Å². The van der Waals surface area contributed by atoms with Gasteiger partial charge in [0.25, 0.3) is 0 Å². The molecule has 1 nitrogen and oxygen atoms in total. The Labute approximate surface area is 183 Å². The first kappa shape index (κ1) is 22.3. The van der Waals surface area contributed by atoms with Crippen LogP contribution in [0, 0.1) is 40.4 Å². The number of allylic oxidation sites excluding steroid dienone is 1. The molecule has 0 radical (unpaired) electrons. The molecular formula is C27H47OS+. The van der Waals surface area contributed by atoms with Crippen molar-refractivity contribution in [3.63, 3.8) is 0 Å². The highest BCUT2D eigenvalue weighted by atomic mass is 32.2. The van der Waals surface area contributed by atoms with Gasteiger partial charge in [-0.15, -0.1) is 0 Å². The van der Waals surface area contributed by atoms with Gasteiger partial charge in [0, 0.05) is 0 Å². The predicted molar refractivity (Wildman–Crippen MR) is 128 cm³/mol. The van der Waals surface area contributed by atoms with Gasteiger partial charge < -0.3 is 5.11 Å². The van der Waals surface area contributed by atoms with Crippen molar-refractivity contribution in [3.05, 3.63) is 11.6 Å². The Morgan fingerprint density at radius 3 is 2.55 bits per heavy atom. The van der Waals surface area contributed by atoms with Crippen LogP contribution in [-0.4, -0.2) is 28.5 Å². The van der Waals surface area contributed by atoms with Crippen LogP contribution in [0.5, 0.6) is 0 Å². The first-order valence-corrected chi connectivity index (χ1v) is 14.5. The zero-order valence-electron chi connectivity index (χ0n) is 20.0. The molecule has 4 aliphatic rings. The molecule has 9 atom stereocenters. The zero-order valence-corrected chi connectivity index (χ0v) is 20.9. The molecular weight excluding hydrogens is 372 g/mol. The topological polar surface area (TPSA) is 20.2 Å². The van der Waals surface area contributed by atoms with E-state index in [1.165, 1.54) is 50.7 Å². The molecule has 1 N–H and O–H groups in total. The van der Waals surface area contributed by atoms with E-state index >= 15 is 0 Å². The average Bonchev–Trinajstić information content (AvgIpc) is 3.03. The number of hydrogen-bond donors (Lipinski definition) is 1. The number of rotatable bonds is 5. The molecule has 0 bridgehead atoms. The predicted octanol–water partition coefficient (Wildman–Crippen LogP) is 6.61. The van der Waals surface area contributed by atoms with Gasteiger partial charge in [-0.3, -0.25) is 0 Å². The second-order valence-electron chi connectivity index (χ2n) is 12.1. The molecule has 0 aromatic rings. The number of aliphatic hydroxyl groups excluding tert-OH is 1. The van der Waals surface area contributed by atoms with E-state index in [0.29, 0.717) is 21.7 Å². The van der Waals surface area contributed by atoms with E-state index in [0.717, 1.165) is 47.7 Å². The van der Waals surface area contributed by atoms with Crippen LogP contribution in [0.3, 0.4) is 0 Å². The van der Waals surface area contributed by atoms with Gasteiger partial charge in [-0.1, -0.05) is 32.4 Å². The summed E-state index contributed by atoms with van der Waals surface area (Å²) in [7, 11) is 0.586. The van der Waals surface area contributed by atoms with Crippen molar-refractivity contribution < 1.29 is 5.11 Å². The van der Waals surface area contributed by atoms with E-state index in [4.69, 9.17) is 0 Å². The van der Waals surface area contributed by atoms with Crippen LogP contribution < -0.4 is 0 Å². The summed E-state index contributed by atoms with van der Waals surface area (Å²) >= 11 is 0. The van der Waals surface area contributed by atoms with Crippen molar-refractivity contribution in [2.75, 3.05) is 12.0 Å². The average molecular weight is 420 g/mol. The van der Waals surface area contributed by atoms with Gasteiger partial charge >= 0.3 is 0 Å². The number of hydrogen-bond acceptors (Lipinski definition) is 1. The summed E-state index contributed by atoms with van der Waals surface area (Å²) in [4.78, 5) is 0.